The van der Waals surface area contributed by atoms with Gasteiger partial charge in [-0.15, -0.1) is 12.4 Å². The van der Waals surface area contributed by atoms with Crippen LogP contribution in [0.1, 0.15) is 18.1 Å². The minimum absolute atomic E-state index is 0. The summed E-state index contributed by atoms with van der Waals surface area (Å²) in [6, 6.07) is 8.26. The highest BCUT2D eigenvalue weighted by Crippen LogP contribution is 2.18. The predicted molar refractivity (Wildman–Crippen MR) is 80.0 cm³/mol. The monoisotopic (exact) mass is 296 g/mol. The first-order chi connectivity index (χ1) is 9.24. The van der Waals surface area contributed by atoms with Gasteiger partial charge in [-0.3, -0.25) is 4.79 Å². The molecule has 0 radical (unpaired) electrons. The smallest absolute Gasteiger partial charge is 0.240 e. The van der Waals surface area contributed by atoms with Gasteiger partial charge in [0.2, 0.25) is 5.91 Å². The van der Waals surface area contributed by atoms with Crippen LogP contribution in [0.5, 0.6) is 0 Å². The predicted octanol–water partition coefficient (Wildman–Crippen LogP) is 1.37. The summed E-state index contributed by atoms with van der Waals surface area (Å²) >= 11 is 0. The zero-order valence-corrected chi connectivity index (χ0v) is 12.5. The number of carbonyl (C=O) groups is 1. The zero-order valence-electron chi connectivity index (χ0n) is 11.7. The molecule has 2 aliphatic heterocycles. The number of ether oxygens (including phenoxy) is 1. The number of morpholine rings is 1. The van der Waals surface area contributed by atoms with Crippen LogP contribution in [0.4, 0.5) is 0 Å². The van der Waals surface area contributed by atoms with Crippen LogP contribution < -0.4 is 5.32 Å². The molecular formula is C15H21ClN2O2. The standard InChI is InChI=1S/C15H20N2O2.ClH/c1-11-10-17(6-7-19-11)15(18)14-8-12-4-2-3-5-13(12)9-16-14;/h2-5,11,14,16H,6-10H2,1H3;1H. The highest BCUT2D eigenvalue weighted by atomic mass is 35.5. The highest BCUT2D eigenvalue weighted by Gasteiger charge is 2.30. The summed E-state index contributed by atoms with van der Waals surface area (Å²) in [7, 11) is 0. The molecule has 3 rings (SSSR count). The van der Waals surface area contributed by atoms with E-state index < -0.39 is 0 Å². The van der Waals surface area contributed by atoms with Gasteiger partial charge in [0.15, 0.2) is 0 Å². The van der Waals surface area contributed by atoms with Gasteiger partial charge >= 0.3 is 0 Å². The van der Waals surface area contributed by atoms with Gasteiger partial charge in [0.1, 0.15) is 0 Å². The van der Waals surface area contributed by atoms with E-state index in [2.05, 4.69) is 17.4 Å². The Morgan fingerprint density at radius 2 is 2.10 bits per heavy atom. The summed E-state index contributed by atoms with van der Waals surface area (Å²) in [6.07, 6.45) is 0.939. The number of carbonyl (C=O) groups excluding carboxylic acids is 1. The third kappa shape index (κ3) is 3.14. The number of hydrogen-bond acceptors (Lipinski definition) is 3. The van der Waals surface area contributed by atoms with Crippen molar-refractivity contribution in [2.45, 2.75) is 32.0 Å². The summed E-state index contributed by atoms with van der Waals surface area (Å²) in [5.41, 5.74) is 2.60. The molecule has 5 heteroatoms. The lowest BCUT2D eigenvalue weighted by Gasteiger charge is -2.35. The van der Waals surface area contributed by atoms with Crippen LogP contribution in [0, 0.1) is 0 Å². The first-order valence-corrected chi connectivity index (χ1v) is 6.94. The van der Waals surface area contributed by atoms with Crippen molar-refractivity contribution in [2.24, 2.45) is 0 Å². The Morgan fingerprint density at radius 3 is 2.85 bits per heavy atom. The van der Waals surface area contributed by atoms with E-state index in [0.717, 1.165) is 13.0 Å². The minimum atomic E-state index is -0.0831. The third-order valence-corrected chi connectivity index (χ3v) is 3.93. The molecular weight excluding hydrogens is 276 g/mol. The van der Waals surface area contributed by atoms with E-state index in [-0.39, 0.29) is 30.5 Å². The van der Waals surface area contributed by atoms with Crippen LogP contribution in [0.25, 0.3) is 0 Å². The lowest BCUT2D eigenvalue weighted by atomic mass is 9.95. The van der Waals surface area contributed by atoms with E-state index in [1.54, 1.807) is 0 Å². The molecule has 0 aliphatic carbocycles. The van der Waals surface area contributed by atoms with E-state index in [4.69, 9.17) is 4.74 Å². The lowest BCUT2D eigenvalue weighted by molar-refractivity contribution is -0.140. The Hall–Kier alpha value is -1.10. The van der Waals surface area contributed by atoms with Crippen molar-refractivity contribution in [3.63, 3.8) is 0 Å². The van der Waals surface area contributed by atoms with Crippen LogP contribution in [-0.4, -0.2) is 42.6 Å². The molecule has 0 aromatic heterocycles. The van der Waals surface area contributed by atoms with Gasteiger partial charge in [-0.2, -0.15) is 0 Å². The quantitative estimate of drug-likeness (QED) is 0.851. The minimum Gasteiger partial charge on any atom is -0.375 e. The summed E-state index contributed by atoms with van der Waals surface area (Å²) < 4.78 is 5.49. The summed E-state index contributed by atoms with van der Waals surface area (Å²) in [5, 5.41) is 3.36. The SMILES string of the molecule is CC1CN(C(=O)C2Cc3ccccc3CN2)CCO1.Cl. The second-order valence-electron chi connectivity index (χ2n) is 5.37. The van der Waals surface area contributed by atoms with Crippen molar-refractivity contribution in [1.29, 1.82) is 0 Å². The van der Waals surface area contributed by atoms with E-state index >= 15 is 0 Å². The molecule has 1 N–H and O–H groups in total. The molecule has 20 heavy (non-hydrogen) atoms. The second-order valence-corrected chi connectivity index (χ2v) is 5.37. The van der Waals surface area contributed by atoms with E-state index in [9.17, 15) is 4.79 Å². The average Bonchev–Trinajstić information content (AvgIpc) is 2.46. The third-order valence-electron chi connectivity index (χ3n) is 3.93. The molecule has 2 atom stereocenters. The maximum atomic E-state index is 12.5. The lowest BCUT2D eigenvalue weighted by Crippen LogP contribution is -2.53. The summed E-state index contributed by atoms with van der Waals surface area (Å²) in [4.78, 5) is 14.4. The molecule has 2 unspecified atom stereocenters. The van der Waals surface area contributed by atoms with Gasteiger partial charge in [-0.25, -0.2) is 0 Å². The number of hydrogen-bond donors (Lipinski definition) is 1. The number of halogens is 1. The molecule has 1 fully saturated rings. The number of amides is 1. The van der Waals surface area contributed by atoms with Gasteiger partial charge in [0, 0.05) is 19.6 Å². The topological polar surface area (TPSA) is 41.6 Å². The molecule has 0 bridgehead atoms. The number of benzene rings is 1. The van der Waals surface area contributed by atoms with Gasteiger partial charge in [0.25, 0.3) is 0 Å². The molecule has 2 aliphatic rings. The van der Waals surface area contributed by atoms with Crippen molar-refractivity contribution >= 4 is 18.3 Å². The molecule has 1 saturated heterocycles. The Kier molecular flexibility index (Phi) is 5.02. The second kappa shape index (κ2) is 6.57. The summed E-state index contributed by atoms with van der Waals surface area (Å²) in [6.45, 7) is 4.87. The highest BCUT2D eigenvalue weighted by molar-refractivity contribution is 5.85. The van der Waals surface area contributed by atoms with Crippen LogP contribution in [0.15, 0.2) is 24.3 Å². The van der Waals surface area contributed by atoms with Gasteiger partial charge in [0.05, 0.1) is 18.8 Å². The van der Waals surface area contributed by atoms with Crippen LogP contribution in [0.2, 0.25) is 0 Å². The fourth-order valence-electron chi connectivity index (χ4n) is 2.87. The van der Waals surface area contributed by atoms with Gasteiger partial charge in [-0.1, -0.05) is 24.3 Å². The Balaban J connectivity index is 0.00000147. The maximum absolute atomic E-state index is 12.5. The molecule has 2 heterocycles. The fourth-order valence-corrected chi connectivity index (χ4v) is 2.87. The van der Waals surface area contributed by atoms with Crippen molar-refractivity contribution in [1.82, 2.24) is 10.2 Å². The molecule has 0 saturated carbocycles. The normalized spacial score (nSPS) is 25.6. The molecule has 1 aromatic rings. The van der Waals surface area contributed by atoms with Crippen molar-refractivity contribution < 1.29 is 9.53 Å². The molecule has 0 spiro atoms. The molecule has 4 nitrogen and oxygen atoms in total. The number of nitrogens with one attached hydrogen (secondary N) is 1. The maximum Gasteiger partial charge on any atom is 0.240 e. The molecule has 1 aromatic carbocycles. The fraction of sp³-hybridized carbons (Fsp3) is 0.533. The van der Waals surface area contributed by atoms with Gasteiger partial charge in [-0.05, 0) is 24.5 Å². The number of rotatable bonds is 1. The van der Waals surface area contributed by atoms with E-state index in [1.165, 1.54) is 11.1 Å². The van der Waals surface area contributed by atoms with E-state index in [1.807, 2.05) is 24.0 Å². The molecule has 110 valence electrons. The van der Waals surface area contributed by atoms with Crippen molar-refractivity contribution in [2.75, 3.05) is 19.7 Å². The Bertz CT molecular complexity index is 481. The van der Waals surface area contributed by atoms with Crippen LogP contribution in [-0.2, 0) is 22.5 Å². The summed E-state index contributed by atoms with van der Waals surface area (Å²) in [5.74, 6) is 0.213. The average molecular weight is 297 g/mol. The first kappa shape index (κ1) is 15.3. The first-order valence-electron chi connectivity index (χ1n) is 6.94. The van der Waals surface area contributed by atoms with Crippen molar-refractivity contribution in [3.05, 3.63) is 35.4 Å². The van der Waals surface area contributed by atoms with Crippen LogP contribution in [0.3, 0.4) is 0 Å². The van der Waals surface area contributed by atoms with E-state index in [0.29, 0.717) is 19.7 Å². The Morgan fingerprint density at radius 1 is 1.35 bits per heavy atom. The molecule has 1 amide bonds. The number of fused-ring (bicyclic) bond motifs is 1. The van der Waals surface area contributed by atoms with Crippen LogP contribution >= 0.6 is 12.4 Å². The Labute approximate surface area is 125 Å². The van der Waals surface area contributed by atoms with Crippen molar-refractivity contribution in [3.8, 4) is 0 Å². The van der Waals surface area contributed by atoms with Gasteiger partial charge < -0.3 is 15.0 Å². The zero-order chi connectivity index (χ0) is 13.2. The number of nitrogens with zero attached hydrogens (tertiary/aromatic N) is 1. The largest absolute Gasteiger partial charge is 0.375 e.